The molecule has 2 atom stereocenters. The van der Waals surface area contributed by atoms with Gasteiger partial charge in [-0.3, -0.25) is 14.3 Å². The Bertz CT molecular complexity index is 1720. The SMILES string of the molecule is CC.COc1ccc(CN(C(=O)C(Cc2c(C)cc(C(N)=O)cc2C)NC(=O)OC(C)C)C(C)n2[nH]cc2-c2cccc(Br)c2)cc1OC. The van der Waals surface area contributed by atoms with Gasteiger partial charge in [-0.15, -0.1) is 0 Å². The zero-order valence-electron chi connectivity index (χ0n) is 29.7. The number of hydrogen-bond donors (Lipinski definition) is 3. The molecule has 264 valence electrons. The van der Waals surface area contributed by atoms with Gasteiger partial charge in [0.15, 0.2) is 11.5 Å². The van der Waals surface area contributed by atoms with Crippen molar-refractivity contribution < 1.29 is 28.6 Å². The van der Waals surface area contributed by atoms with Gasteiger partial charge in [-0.05, 0) is 93.3 Å². The first-order valence-electron chi connectivity index (χ1n) is 16.2. The Labute approximate surface area is 297 Å². The third-order valence-electron chi connectivity index (χ3n) is 7.95. The Balaban J connectivity index is 0.00000319. The van der Waals surface area contributed by atoms with Gasteiger partial charge in [0.25, 0.3) is 0 Å². The minimum Gasteiger partial charge on any atom is -0.493 e. The molecule has 0 spiro atoms. The first-order valence-corrected chi connectivity index (χ1v) is 17.0. The van der Waals surface area contributed by atoms with E-state index in [-0.39, 0.29) is 18.9 Å². The van der Waals surface area contributed by atoms with Crippen LogP contribution in [0.4, 0.5) is 4.79 Å². The van der Waals surface area contributed by atoms with E-state index in [0.717, 1.165) is 38.0 Å². The second-order valence-electron chi connectivity index (χ2n) is 11.6. The largest absolute Gasteiger partial charge is 0.493 e. The number of ether oxygens (including phenoxy) is 3. The number of aromatic nitrogens is 2. The lowest BCUT2D eigenvalue weighted by atomic mass is 9.93. The van der Waals surface area contributed by atoms with Gasteiger partial charge in [-0.2, -0.15) is 0 Å². The van der Waals surface area contributed by atoms with E-state index in [0.29, 0.717) is 17.1 Å². The van der Waals surface area contributed by atoms with Gasteiger partial charge < -0.3 is 35.3 Å². The van der Waals surface area contributed by atoms with Gasteiger partial charge >= 0.3 is 6.09 Å². The van der Waals surface area contributed by atoms with Gasteiger partial charge in [0.2, 0.25) is 11.8 Å². The summed E-state index contributed by atoms with van der Waals surface area (Å²) in [5, 5.41) is 6.05. The summed E-state index contributed by atoms with van der Waals surface area (Å²) in [6, 6.07) is 15.8. The molecule has 0 fully saturated rings. The molecule has 0 bridgehead atoms. The molecule has 1 aromatic heterocycles. The number of alkyl carbamates (subject to hydrolysis) is 1. The number of nitrogens with one attached hydrogen (secondary N) is 2. The van der Waals surface area contributed by atoms with E-state index in [1.54, 1.807) is 51.2 Å². The topological polar surface area (TPSA) is 141 Å². The fraction of sp³-hybridized carbons (Fsp3) is 0.378. The van der Waals surface area contributed by atoms with Crippen molar-refractivity contribution in [1.29, 1.82) is 0 Å². The standard InChI is InChI=1S/C35H42BrN5O6.C2H6/c1-20(2)47-35(44)39-29(17-28-21(3)13-26(33(37)42)14-22(28)4)34(43)40(19-24-11-12-31(45-6)32(15-24)46-7)23(5)41-30(18-38-41)25-9-8-10-27(36)16-25;1-2/h8-16,18,20,23,29,38H,17,19H2,1-7H3,(H2,37,42)(H,39,44);1-2H3. The van der Waals surface area contributed by atoms with Crippen molar-refractivity contribution in [3.63, 3.8) is 0 Å². The van der Waals surface area contributed by atoms with Crippen molar-refractivity contribution in [2.75, 3.05) is 14.2 Å². The molecule has 4 N–H and O–H groups in total. The maximum absolute atomic E-state index is 14.8. The highest BCUT2D eigenvalue weighted by atomic mass is 79.9. The van der Waals surface area contributed by atoms with Crippen molar-refractivity contribution in [3.05, 3.63) is 93.1 Å². The van der Waals surface area contributed by atoms with Crippen LogP contribution in [0.25, 0.3) is 11.3 Å². The summed E-state index contributed by atoms with van der Waals surface area (Å²) in [5.74, 6) is 0.207. The predicted octanol–water partition coefficient (Wildman–Crippen LogP) is 7.30. The van der Waals surface area contributed by atoms with Gasteiger partial charge in [0.1, 0.15) is 12.2 Å². The average Bonchev–Trinajstić information content (AvgIpc) is 3.04. The number of halogens is 1. The smallest absolute Gasteiger partial charge is 0.408 e. The van der Waals surface area contributed by atoms with Crippen LogP contribution in [0.3, 0.4) is 0 Å². The van der Waals surface area contributed by atoms with Crippen LogP contribution in [0.2, 0.25) is 0 Å². The molecule has 1 heterocycles. The van der Waals surface area contributed by atoms with Crippen LogP contribution in [-0.4, -0.2) is 59.0 Å². The normalized spacial score (nSPS) is 12.0. The van der Waals surface area contributed by atoms with Crippen LogP contribution in [0.1, 0.15) is 73.4 Å². The summed E-state index contributed by atoms with van der Waals surface area (Å²) in [7, 11) is 3.12. The van der Waals surface area contributed by atoms with Crippen molar-refractivity contribution in [3.8, 4) is 22.8 Å². The summed E-state index contributed by atoms with van der Waals surface area (Å²) < 4.78 is 19.2. The molecular formula is C37H48BrN5O6. The molecule has 0 aliphatic heterocycles. The minimum atomic E-state index is -1.01. The molecule has 2 unspecified atom stereocenters. The van der Waals surface area contributed by atoms with E-state index in [1.807, 2.05) is 81.9 Å². The molecular weight excluding hydrogens is 690 g/mol. The Morgan fingerprint density at radius 3 is 2.14 bits per heavy atom. The van der Waals surface area contributed by atoms with E-state index in [1.165, 1.54) is 0 Å². The quantitative estimate of drug-likeness (QED) is 0.132. The molecule has 11 nitrogen and oxygen atoms in total. The molecule has 0 aliphatic rings. The highest BCUT2D eigenvalue weighted by molar-refractivity contribution is 9.10. The van der Waals surface area contributed by atoms with E-state index in [9.17, 15) is 14.4 Å². The molecule has 0 radical (unpaired) electrons. The number of nitrogens with zero attached hydrogens (tertiary/aromatic N) is 2. The van der Waals surface area contributed by atoms with Crippen LogP contribution < -0.4 is 20.5 Å². The third kappa shape index (κ3) is 9.69. The van der Waals surface area contributed by atoms with E-state index in [2.05, 4.69) is 26.3 Å². The Morgan fingerprint density at radius 2 is 1.61 bits per heavy atom. The fourth-order valence-electron chi connectivity index (χ4n) is 5.54. The van der Waals surface area contributed by atoms with Crippen LogP contribution in [0, 0.1) is 13.8 Å². The number of methoxy groups -OCH3 is 2. The Morgan fingerprint density at radius 1 is 0.959 bits per heavy atom. The Kier molecular flexibility index (Phi) is 13.9. The number of hydrogen-bond acceptors (Lipinski definition) is 6. The monoisotopic (exact) mass is 737 g/mol. The van der Waals surface area contributed by atoms with Gasteiger partial charge in [-0.25, -0.2) is 4.79 Å². The number of carbonyl (C=O) groups excluding carboxylic acids is 3. The van der Waals surface area contributed by atoms with Crippen LogP contribution in [0.15, 0.2) is 65.3 Å². The van der Waals surface area contributed by atoms with Gasteiger partial charge in [0, 0.05) is 34.8 Å². The lowest BCUT2D eigenvalue weighted by Gasteiger charge is -2.36. The third-order valence-corrected chi connectivity index (χ3v) is 8.44. The number of benzene rings is 3. The second kappa shape index (κ2) is 17.6. The van der Waals surface area contributed by atoms with Crippen LogP contribution in [0.5, 0.6) is 11.5 Å². The van der Waals surface area contributed by atoms with E-state index >= 15 is 0 Å². The molecule has 0 saturated carbocycles. The zero-order valence-corrected chi connectivity index (χ0v) is 31.3. The molecule has 0 saturated heterocycles. The lowest BCUT2D eigenvalue weighted by molar-refractivity contribution is -0.138. The number of amides is 3. The maximum Gasteiger partial charge on any atom is 0.408 e. The summed E-state index contributed by atoms with van der Waals surface area (Å²) >= 11 is 3.55. The summed E-state index contributed by atoms with van der Waals surface area (Å²) in [5.41, 5.74) is 10.9. The summed E-state index contributed by atoms with van der Waals surface area (Å²) in [6.07, 6.45) is 0.408. The number of aromatic amines is 1. The zero-order chi connectivity index (χ0) is 36.4. The molecule has 0 aliphatic carbocycles. The van der Waals surface area contributed by atoms with Crippen molar-refractivity contribution >= 4 is 33.8 Å². The number of rotatable bonds is 13. The van der Waals surface area contributed by atoms with Crippen molar-refractivity contribution in [1.82, 2.24) is 20.0 Å². The summed E-state index contributed by atoms with van der Waals surface area (Å²) in [4.78, 5) is 41.4. The highest BCUT2D eigenvalue weighted by Gasteiger charge is 2.33. The van der Waals surface area contributed by atoms with Crippen molar-refractivity contribution in [2.24, 2.45) is 5.73 Å². The molecule has 3 amide bonds. The van der Waals surface area contributed by atoms with Crippen LogP contribution in [-0.2, 0) is 22.5 Å². The number of H-pyrrole nitrogens is 1. The predicted molar refractivity (Wildman–Crippen MR) is 195 cm³/mol. The molecule has 49 heavy (non-hydrogen) atoms. The first kappa shape index (κ1) is 38.7. The summed E-state index contributed by atoms with van der Waals surface area (Å²) in [6.45, 7) is 13.3. The first-order chi connectivity index (χ1) is 23.3. The minimum absolute atomic E-state index is 0.152. The highest BCUT2D eigenvalue weighted by Crippen LogP contribution is 2.32. The van der Waals surface area contributed by atoms with Gasteiger partial charge in [-0.1, -0.05) is 48.0 Å². The van der Waals surface area contributed by atoms with Crippen LogP contribution >= 0.6 is 15.9 Å². The number of carbonyl (C=O) groups is 3. The maximum atomic E-state index is 14.8. The average molecular weight is 739 g/mol. The molecule has 12 heteroatoms. The number of nitrogens with two attached hydrogens (primary N) is 1. The Hall–Kier alpha value is -4.71. The second-order valence-corrected chi connectivity index (χ2v) is 12.6. The van der Waals surface area contributed by atoms with Crippen molar-refractivity contribution in [2.45, 2.75) is 79.7 Å². The number of aryl methyl sites for hydroxylation is 2. The van der Waals surface area contributed by atoms with E-state index < -0.39 is 30.3 Å². The fourth-order valence-corrected chi connectivity index (χ4v) is 5.94. The lowest BCUT2D eigenvalue weighted by Crippen LogP contribution is -2.51. The molecule has 4 aromatic rings. The van der Waals surface area contributed by atoms with Gasteiger partial charge in [0.05, 0.1) is 26.0 Å². The van der Waals surface area contributed by atoms with E-state index in [4.69, 9.17) is 19.9 Å². The number of primary amides is 1. The molecule has 3 aromatic carbocycles. The molecule has 4 rings (SSSR count).